The van der Waals surface area contributed by atoms with Crippen molar-refractivity contribution in [1.82, 2.24) is 4.90 Å². The van der Waals surface area contributed by atoms with E-state index < -0.39 is 5.82 Å². The van der Waals surface area contributed by atoms with Gasteiger partial charge in [-0.25, -0.2) is 4.39 Å². The summed E-state index contributed by atoms with van der Waals surface area (Å²) in [5.74, 6) is 0.376. The summed E-state index contributed by atoms with van der Waals surface area (Å²) in [5.41, 5.74) is 5.84. The van der Waals surface area contributed by atoms with Crippen LogP contribution in [0.2, 0.25) is 0 Å². The van der Waals surface area contributed by atoms with Gasteiger partial charge in [0.2, 0.25) is 5.91 Å². The van der Waals surface area contributed by atoms with E-state index in [9.17, 15) is 9.18 Å². The Morgan fingerprint density at radius 3 is 2.90 bits per heavy atom. The second-order valence-electron chi connectivity index (χ2n) is 4.31. The standard InChI is InChI=1S/C14H15FN2O2S/c1-17(8-11-3-2-6-19-11)14(18)9-20-13-5-4-10(16)7-12(13)15/h2-7H,8-9,16H2,1H3. The van der Waals surface area contributed by atoms with Crippen LogP contribution in [-0.4, -0.2) is 23.6 Å². The Morgan fingerprint density at radius 1 is 1.45 bits per heavy atom. The first-order valence-corrected chi connectivity index (χ1v) is 6.99. The quantitative estimate of drug-likeness (QED) is 0.680. The number of nitrogens with two attached hydrogens (primary N) is 1. The normalized spacial score (nSPS) is 10.5. The zero-order valence-corrected chi connectivity index (χ0v) is 11.8. The minimum absolute atomic E-state index is 0.0948. The fourth-order valence-corrected chi connectivity index (χ4v) is 2.47. The lowest BCUT2D eigenvalue weighted by atomic mass is 10.3. The molecule has 4 nitrogen and oxygen atoms in total. The number of furan rings is 1. The Balaban J connectivity index is 1.88. The third kappa shape index (κ3) is 3.77. The molecule has 1 amide bonds. The number of amides is 1. The van der Waals surface area contributed by atoms with E-state index in [0.29, 0.717) is 22.9 Å². The summed E-state index contributed by atoms with van der Waals surface area (Å²) in [7, 11) is 1.69. The number of hydrogen-bond acceptors (Lipinski definition) is 4. The van der Waals surface area contributed by atoms with Crippen molar-refractivity contribution in [3.05, 3.63) is 48.2 Å². The fourth-order valence-electron chi connectivity index (χ4n) is 1.61. The topological polar surface area (TPSA) is 59.5 Å². The van der Waals surface area contributed by atoms with Crippen molar-refractivity contribution in [2.75, 3.05) is 18.5 Å². The van der Waals surface area contributed by atoms with Crippen LogP contribution in [0.3, 0.4) is 0 Å². The van der Waals surface area contributed by atoms with Crippen LogP contribution in [0, 0.1) is 5.82 Å². The summed E-state index contributed by atoms with van der Waals surface area (Å²) in [6.45, 7) is 0.399. The maximum Gasteiger partial charge on any atom is 0.233 e. The zero-order valence-electron chi connectivity index (χ0n) is 11.0. The number of hydrogen-bond donors (Lipinski definition) is 1. The first kappa shape index (κ1) is 14.5. The van der Waals surface area contributed by atoms with E-state index in [4.69, 9.17) is 10.2 Å². The van der Waals surface area contributed by atoms with Crippen molar-refractivity contribution >= 4 is 23.4 Å². The highest BCUT2D eigenvalue weighted by Gasteiger charge is 2.12. The number of nitrogen functional groups attached to an aromatic ring is 1. The smallest absolute Gasteiger partial charge is 0.233 e. The van der Waals surface area contributed by atoms with E-state index in [1.807, 2.05) is 0 Å². The molecular weight excluding hydrogens is 279 g/mol. The number of carbonyl (C=O) groups excluding carboxylic acids is 1. The van der Waals surface area contributed by atoms with E-state index >= 15 is 0 Å². The van der Waals surface area contributed by atoms with Crippen LogP contribution in [0.25, 0.3) is 0 Å². The van der Waals surface area contributed by atoms with Crippen LogP contribution >= 0.6 is 11.8 Å². The Kier molecular flexibility index (Phi) is 4.68. The molecule has 0 spiro atoms. The predicted octanol–water partition coefficient (Wildman–Crippen LogP) is 2.75. The molecule has 0 radical (unpaired) electrons. The van der Waals surface area contributed by atoms with Crippen LogP contribution in [0.1, 0.15) is 5.76 Å². The van der Waals surface area contributed by atoms with Crippen molar-refractivity contribution in [3.8, 4) is 0 Å². The molecule has 0 saturated heterocycles. The molecule has 0 fully saturated rings. The monoisotopic (exact) mass is 294 g/mol. The fraction of sp³-hybridized carbons (Fsp3) is 0.214. The largest absolute Gasteiger partial charge is 0.467 e. The molecule has 1 aromatic carbocycles. The summed E-state index contributed by atoms with van der Waals surface area (Å²) in [6.07, 6.45) is 1.56. The van der Waals surface area contributed by atoms with Gasteiger partial charge in [0, 0.05) is 17.6 Å². The second-order valence-corrected chi connectivity index (χ2v) is 5.32. The molecule has 2 aromatic rings. The highest BCUT2D eigenvalue weighted by Crippen LogP contribution is 2.23. The lowest BCUT2D eigenvalue weighted by Gasteiger charge is -2.15. The minimum atomic E-state index is -0.406. The summed E-state index contributed by atoms with van der Waals surface area (Å²) in [4.78, 5) is 13.9. The Morgan fingerprint density at radius 2 is 2.25 bits per heavy atom. The number of nitrogens with zero attached hydrogens (tertiary/aromatic N) is 1. The molecule has 2 N–H and O–H groups in total. The van der Waals surface area contributed by atoms with Crippen molar-refractivity contribution in [3.63, 3.8) is 0 Å². The molecule has 2 rings (SSSR count). The first-order chi connectivity index (χ1) is 9.56. The highest BCUT2D eigenvalue weighted by atomic mass is 32.2. The summed E-state index contributed by atoms with van der Waals surface area (Å²) < 4.78 is 18.7. The lowest BCUT2D eigenvalue weighted by Crippen LogP contribution is -2.27. The van der Waals surface area contributed by atoms with Crippen LogP contribution < -0.4 is 5.73 Å². The van der Waals surface area contributed by atoms with Crippen molar-refractivity contribution < 1.29 is 13.6 Å². The Hall–Kier alpha value is -1.95. The number of halogens is 1. The van der Waals surface area contributed by atoms with Crippen molar-refractivity contribution in [1.29, 1.82) is 0 Å². The highest BCUT2D eigenvalue weighted by molar-refractivity contribution is 8.00. The molecule has 106 valence electrons. The molecule has 0 atom stereocenters. The van der Waals surface area contributed by atoms with E-state index in [0.717, 1.165) is 11.8 Å². The summed E-state index contributed by atoms with van der Waals surface area (Å²) >= 11 is 1.15. The van der Waals surface area contributed by atoms with E-state index in [1.165, 1.54) is 6.07 Å². The Bertz CT molecular complexity index is 587. The molecule has 0 aliphatic heterocycles. The molecule has 0 saturated carbocycles. The van der Waals surface area contributed by atoms with Gasteiger partial charge in [-0.3, -0.25) is 4.79 Å². The van der Waals surface area contributed by atoms with Gasteiger partial charge in [-0.1, -0.05) is 0 Å². The third-order valence-corrected chi connectivity index (χ3v) is 3.74. The molecule has 0 bridgehead atoms. The van der Waals surface area contributed by atoms with Gasteiger partial charge in [-0.05, 0) is 30.3 Å². The summed E-state index contributed by atoms with van der Waals surface area (Å²) in [5, 5.41) is 0. The molecular formula is C14H15FN2O2S. The zero-order chi connectivity index (χ0) is 14.5. The predicted molar refractivity (Wildman–Crippen MR) is 76.7 cm³/mol. The first-order valence-electron chi connectivity index (χ1n) is 6.00. The number of benzene rings is 1. The van der Waals surface area contributed by atoms with Gasteiger partial charge in [-0.2, -0.15) is 0 Å². The second kappa shape index (κ2) is 6.47. The van der Waals surface area contributed by atoms with Gasteiger partial charge >= 0.3 is 0 Å². The molecule has 1 aromatic heterocycles. The number of anilines is 1. The maximum absolute atomic E-state index is 13.6. The molecule has 20 heavy (non-hydrogen) atoms. The average Bonchev–Trinajstić information content (AvgIpc) is 2.90. The van der Waals surface area contributed by atoms with Crippen LogP contribution in [0.4, 0.5) is 10.1 Å². The van der Waals surface area contributed by atoms with Crippen molar-refractivity contribution in [2.24, 2.45) is 0 Å². The Labute approximate surface area is 120 Å². The third-order valence-electron chi connectivity index (χ3n) is 2.71. The minimum Gasteiger partial charge on any atom is -0.467 e. The number of carbonyl (C=O) groups is 1. The van der Waals surface area contributed by atoms with Gasteiger partial charge in [0.25, 0.3) is 0 Å². The van der Waals surface area contributed by atoms with Crippen LogP contribution in [-0.2, 0) is 11.3 Å². The van der Waals surface area contributed by atoms with Gasteiger partial charge in [0.05, 0.1) is 18.6 Å². The SMILES string of the molecule is CN(Cc1ccco1)C(=O)CSc1ccc(N)cc1F. The van der Waals surface area contributed by atoms with E-state index in [2.05, 4.69) is 0 Å². The van der Waals surface area contributed by atoms with Gasteiger partial charge < -0.3 is 15.1 Å². The lowest BCUT2D eigenvalue weighted by molar-refractivity contribution is -0.127. The molecule has 1 heterocycles. The van der Waals surface area contributed by atoms with E-state index in [1.54, 1.807) is 42.5 Å². The van der Waals surface area contributed by atoms with Gasteiger partial charge in [0.1, 0.15) is 11.6 Å². The summed E-state index contributed by atoms with van der Waals surface area (Å²) in [6, 6.07) is 8.01. The maximum atomic E-state index is 13.6. The molecule has 6 heteroatoms. The van der Waals surface area contributed by atoms with Crippen LogP contribution in [0.5, 0.6) is 0 Å². The van der Waals surface area contributed by atoms with Crippen LogP contribution in [0.15, 0.2) is 45.9 Å². The average molecular weight is 294 g/mol. The molecule has 0 aliphatic rings. The molecule has 0 aliphatic carbocycles. The number of thioether (sulfide) groups is 1. The van der Waals surface area contributed by atoms with Gasteiger partial charge in [0.15, 0.2) is 0 Å². The van der Waals surface area contributed by atoms with Crippen molar-refractivity contribution in [2.45, 2.75) is 11.4 Å². The van der Waals surface area contributed by atoms with Gasteiger partial charge in [-0.15, -0.1) is 11.8 Å². The molecule has 0 unspecified atom stereocenters. The van der Waals surface area contributed by atoms with E-state index in [-0.39, 0.29) is 11.7 Å². The number of rotatable bonds is 5.